The van der Waals surface area contributed by atoms with Crippen molar-refractivity contribution in [3.63, 3.8) is 0 Å². The summed E-state index contributed by atoms with van der Waals surface area (Å²) in [7, 11) is 0.0806. The molecule has 0 bridgehead atoms. The second-order valence-electron chi connectivity index (χ2n) is 4.44. The van der Waals surface area contributed by atoms with Crippen molar-refractivity contribution in [2.24, 2.45) is 0 Å². The number of esters is 1. The normalized spacial score (nSPS) is 14.3. The zero-order valence-electron chi connectivity index (χ0n) is 9.89. The van der Waals surface area contributed by atoms with Gasteiger partial charge in [0.2, 0.25) is 5.37 Å². The van der Waals surface area contributed by atoms with E-state index in [1.165, 1.54) is 28.1 Å². The van der Waals surface area contributed by atoms with Crippen LogP contribution in [0.25, 0.3) is 0 Å². The minimum Gasteiger partial charge on any atom is -0.743 e. The Bertz CT molecular complexity index is 379. The minimum absolute atomic E-state index is 0.130. The van der Waals surface area contributed by atoms with Crippen molar-refractivity contribution in [1.29, 1.82) is 0 Å². The molecule has 0 saturated carbocycles. The highest BCUT2D eigenvalue weighted by Gasteiger charge is 2.31. The van der Waals surface area contributed by atoms with Crippen molar-refractivity contribution in [3.05, 3.63) is 12.2 Å². The molecule has 0 radical (unpaired) electrons. The number of ether oxygens (including phenoxy) is 1. The van der Waals surface area contributed by atoms with Crippen LogP contribution in [0, 0.1) is 0 Å². The molecule has 0 aromatic heterocycles. The second kappa shape index (κ2) is 4.94. The van der Waals surface area contributed by atoms with Gasteiger partial charge in [-0.05, 0) is 6.92 Å². The summed E-state index contributed by atoms with van der Waals surface area (Å²) < 4.78 is 37.5. The van der Waals surface area contributed by atoms with Crippen LogP contribution in [0.5, 0.6) is 0 Å². The monoisotopic (exact) mass is 251 g/mol. The van der Waals surface area contributed by atoms with Crippen LogP contribution in [0.1, 0.15) is 6.92 Å². The molecule has 0 heterocycles. The van der Waals surface area contributed by atoms with Gasteiger partial charge in [0.05, 0.1) is 21.1 Å². The molecular weight excluding hydrogens is 234 g/mol. The molecule has 0 aromatic rings. The van der Waals surface area contributed by atoms with Gasteiger partial charge in [-0.3, -0.25) is 0 Å². The van der Waals surface area contributed by atoms with E-state index in [1.54, 1.807) is 0 Å². The smallest absolute Gasteiger partial charge is 0.333 e. The number of quaternary nitrogens is 1. The molecule has 0 aliphatic rings. The highest BCUT2D eigenvalue weighted by molar-refractivity contribution is 7.86. The topological polar surface area (TPSA) is 83.5 Å². The fourth-order valence-electron chi connectivity index (χ4n) is 0.964. The first-order valence-electron chi connectivity index (χ1n) is 4.54. The Hall–Kier alpha value is -0.920. The predicted octanol–water partition coefficient (Wildman–Crippen LogP) is -0.317. The van der Waals surface area contributed by atoms with Crippen molar-refractivity contribution in [3.8, 4) is 0 Å². The Kier molecular flexibility index (Phi) is 4.66. The van der Waals surface area contributed by atoms with Crippen LogP contribution < -0.4 is 0 Å². The third kappa shape index (κ3) is 4.73. The van der Waals surface area contributed by atoms with Gasteiger partial charge in [0.25, 0.3) is 0 Å². The highest BCUT2D eigenvalue weighted by atomic mass is 32.2. The van der Waals surface area contributed by atoms with Crippen molar-refractivity contribution < 1.29 is 27.0 Å². The molecule has 0 N–H and O–H groups in total. The Balaban J connectivity index is 4.74. The standard InChI is InChI=1S/C9H17NO5S/c1-7(2)9(11)15-6-8(10(3,4)5)16(12,13)14/h8H,1,6H2,2-5H3. The number of likely N-dealkylation sites (N-methyl/N-ethyl adjacent to an activating group) is 1. The van der Waals surface area contributed by atoms with Gasteiger partial charge in [-0.25, -0.2) is 13.2 Å². The average Bonchev–Trinajstić information content (AvgIpc) is 1.98. The molecule has 94 valence electrons. The number of rotatable bonds is 5. The summed E-state index contributed by atoms with van der Waals surface area (Å²) in [5.74, 6) is -0.706. The van der Waals surface area contributed by atoms with E-state index < -0.39 is 28.1 Å². The van der Waals surface area contributed by atoms with Gasteiger partial charge < -0.3 is 13.8 Å². The first kappa shape index (κ1) is 15.1. The molecule has 0 saturated heterocycles. The fraction of sp³-hybridized carbons (Fsp3) is 0.667. The lowest BCUT2D eigenvalue weighted by atomic mass is 10.4. The third-order valence-electron chi connectivity index (χ3n) is 1.90. The van der Waals surface area contributed by atoms with Crippen LogP contribution in [0.2, 0.25) is 0 Å². The van der Waals surface area contributed by atoms with E-state index >= 15 is 0 Å². The molecule has 0 aromatic carbocycles. The third-order valence-corrected chi connectivity index (χ3v) is 3.34. The Morgan fingerprint density at radius 1 is 1.44 bits per heavy atom. The molecule has 1 unspecified atom stereocenters. The van der Waals surface area contributed by atoms with Crippen molar-refractivity contribution in [2.45, 2.75) is 12.3 Å². The highest BCUT2D eigenvalue weighted by Crippen LogP contribution is 2.10. The molecule has 16 heavy (non-hydrogen) atoms. The largest absolute Gasteiger partial charge is 0.743 e. The summed E-state index contributed by atoms with van der Waals surface area (Å²) in [6.07, 6.45) is 0. The van der Waals surface area contributed by atoms with E-state index in [4.69, 9.17) is 0 Å². The molecule has 6 nitrogen and oxygen atoms in total. The van der Waals surface area contributed by atoms with E-state index in [9.17, 15) is 17.8 Å². The van der Waals surface area contributed by atoms with Crippen LogP contribution in [0.3, 0.4) is 0 Å². The molecule has 0 amide bonds. The van der Waals surface area contributed by atoms with E-state index in [-0.39, 0.29) is 10.1 Å². The van der Waals surface area contributed by atoms with E-state index in [0.29, 0.717) is 0 Å². The van der Waals surface area contributed by atoms with Crippen molar-refractivity contribution in [2.75, 3.05) is 27.7 Å². The molecular formula is C9H17NO5S. The van der Waals surface area contributed by atoms with Gasteiger partial charge in [-0.15, -0.1) is 0 Å². The Morgan fingerprint density at radius 2 is 1.88 bits per heavy atom. The van der Waals surface area contributed by atoms with Crippen LogP contribution >= 0.6 is 0 Å². The lowest BCUT2D eigenvalue weighted by Crippen LogP contribution is -2.52. The number of hydrogen-bond donors (Lipinski definition) is 0. The molecule has 0 fully saturated rings. The van der Waals surface area contributed by atoms with E-state index in [2.05, 4.69) is 11.3 Å². The maximum absolute atomic E-state index is 11.1. The second-order valence-corrected chi connectivity index (χ2v) is 5.97. The Labute approximate surface area is 95.8 Å². The first-order valence-corrected chi connectivity index (χ1v) is 6.02. The van der Waals surface area contributed by atoms with Crippen LogP contribution in [0.15, 0.2) is 12.2 Å². The summed E-state index contributed by atoms with van der Waals surface area (Å²) in [6.45, 7) is 4.32. The van der Waals surface area contributed by atoms with Crippen LogP contribution in [-0.4, -0.2) is 56.5 Å². The lowest BCUT2D eigenvalue weighted by Gasteiger charge is -2.34. The summed E-state index contributed by atoms with van der Waals surface area (Å²) >= 11 is 0. The maximum Gasteiger partial charge on any atom is 0.333 e. The molecule has 0 aliphatic heterocycles. The van der Waals surface area contributed by atoms with Gasteiger partial charge >= 0.3 is 5.97 Å². The Morgan fingerprint density at radius 3 is 2.12 bits per heavy atom. The van der Waals surface area contributed by atoms with Gasteiger partial charge in [0, 0.05) is 5.57 Å². The summed E-state index contributed by atoms with van der Waals surface area (Å²) in [5.41, 5.74) is 0.156. The van der Waals surface area contributed by atoms with Gasteiger partial charge in [-0.1, -0.05) is 6.58 Å². The quantitative estimate of drug-likeness (QED) is 0.289. The zero-order chi connectivity index (χ0) is 13.1. The summed E-state index contributed by atoms with van der Waals surface area (Å²) in [5, 5.41) is -1.32. The predicted molar refractivity (Wildman–Crippen MR) is 57.3 cm³/mol. The number of nitrogens with zero attached hydrogens (tertiary/aromatic N) is 1. The van der Waals surface area contributed by atoms with Gasteiger partial charge in [0.1, 0.15) is 0 Å². The first-order chi connectivity index (χ1) is 6.96. The molecule has 0 aliphatic carbocycles. The van der Waals surface area contributed by atoms with E-state index in [1.807, 2.05) is 0 Å². The van der Waals surface area contributed by atoms with Gasteiger partial charge in [-0.2, -0.15) is 0 Å². The number of carbonyl (C=O) groups excluding carboxylic acids is 1. The summed E-state index contributed by atoms with van der Waals surface area (Å²) in [6, 6.07) is 0. The van der Waals surface area contributed by atoms with Crippen molar-refractivity contribution in [1.82, 2.24) is 0 Å². The lowest BCUT2D eigenvalue weighted by molar-refractivity contribution is -0.882. The molecule has 1 atom stereocenters. The molecule has 0 rings (SSSR count). The minimum atomic E-state index is -4.53. The molecule has 7 heteroatoms. The maximum atomic E-state index is 11.1. The molecule has 0 spiro atoms. The van der Waals surface area contributed by atoms with Crippen LogP contribution in [-0.2, 0) is 19.6 Å². The number of hydrogen-bond acceptors (Lipinski definition) is 5. The van der Waals surface area contributed by atoms with Gasteiger partial charge in [0.15, 0.2) is 16.7 Å². The number of carbonyl (C=O) groups is 1. The van der Waals surface area contributed by atoms with Crippen molar-refractivity contribution >= 4 is 16.1 Å². The summed E-state index contributed by atoms with van der Waals surface area (Å²) in [4.78, 5) is 11.1. The average molecular weight is 251 g/mol. The van der Waals surface area contributed by atoms with Crippen LogP contribution in [0.4, 0.5) is 0 Å². The van der Waals surface area contributed by atoms with E-state index in [0.717, 1.165) is 0 Å². The fourth-order valence-corrected chi connectivity index (χ4v) is 1.97. The zero-order valence-corrected chi connectivity index (χ0v) is 10.7. The SMILES string of the molecule is C=C(C)C(=O)OCC([N+](C)(C)C)S(=O)(=O)[O-].